The normalized spacial score (nSPS) is 12.0. The van der Waals surface area contributed by atoms with E-state index in [4.69, 9.17) is 15.2 Å². The number of rotatable bonds is 9. The molecule has 14 heavy (non-hydrogen) atoms. The van der Waals surface area contributed by atoms with Crippen LogP contribution in [0.25, 0.3) is 0 Å². The highest BCUT2D eigenvalue weighted by molar-refractivity contribution is 4.80. The third-order valence-electron chi connectivity index (χ3n) is 2.58. The van der Waals surface area contributed by atoms with Gasteiger partial charge >= 0.3 is 0 Å². The summed E-state index contributed by atoms with van der Waals surface area (Å²) in [7, 11) is 0. The molecule has 0 aromatic heterocycles. The molecule has 0 bridgehead atoms. The van der Waals surface area contributed by atoms with Crippen molar-refractivity contribution >= 4 is 0 Å². The molecule has 0 aromatic carbocycles. The van der Waals surface area contributed by atoms with Crippen LogP contribution in [0.1, 0.15) is 40.0 Å². The molecule has 3 heteroatoms. The summed E-state index contributed by atoms with van der Waals surface area (Å²) >= 11 is 0. The molecule has 0 atom stereocenters. The topological polar surface area (TPSA) is 44.5 Å². The fraction of sp³-hybridized carbons (Fsp3) is 1.00. The van der Waals surface area contributed by atoms with Crippen LogP contribution in [0.15, 0.2) is 0 Å². The van der Waals surface area contributed by atoms with E-state index in [1.54, 1.807) is 0 Å². The third kappa shape index (κ3) is 6.35. The van der Waals surface area contributed by atoms with E-state index < -0.39 is 0 Å². The minimum Gasteiger partial charge on any atom is -0.382 e. The molecule has 2 N–H and O–H groups in total. The van der Waals surface area contributed by atoms with Crippen LogP contribution in [0.4, 0.5) is 0 Å². The van der Waals surface area contributed by atoms with Gasteiger partial charge in [0.15, 0.2) is 0 Å². The molecule has 0 saturated heterocycles. The highest BCUT2D eigenvalue weighted by atomic mass is 16.5. The van der Waals surface area contributed by atoms with Crippen LogP contribution in [-0.4, -0.2) is 32.0 Å². The SMILES string of the molecule is CCOCCCOCC(N)(CC)CC. The van der Waals surface area contributed by atoms with Crippen molar-refractivity contribution in [3.63, 3.8) is 0 Å². The molecular weight excluding hydrogens is 178 g/mol. The van der Waals surface area contributed by atoms with Crippen LogP contribution in [0.3, 0.4) is 0 Å². The van der Waals surface area contributed by atoms with Gasteiger partial charge in [-0.3, -0.25) is 0 Å². The molecule has 0 amide bonds. The van der Waals surface area contributed by atoms with Crippen LogP contribution in [0, 0.1) is 0 Å². The van der Waals surface area contributed by atoms with Gasteiger partial charge in [-0.25, -0.2) is 0 Å². The predicted octanol–water partition coefficient (Wildman–Crippen LogP) is 1.95. The second-order valence-electron chi connectivity index (χ2n) is 3.67. The second-order valence-corrected chi connectivity index (χ2v) is 3.67. The van der Waals surface area contributed by atoms with Crippen LogP contribution < -0.4 is 5.73 Å². The molecule has 0 rings (SSSR count). The number of nitrogens with two attached hydrogens (primary N) is 1. The summed E-state index contributed by atoms with van der Waals surface area (Å²) < 4.78 is 10.7. The maximum absolute atomic E-state index is 6.08. The van der Waals surface area contributed by atoms with Crippen molar-refractivity contribution in [1.82, 2.24) is 0 Å². The van der Waals surface area contributed by atoms with Crippen molar-refractivity contribution in [3.8, 4) is 0 Å². The molecule has 0 spiro atoms. The zero-order chi connectivity index (χ0) is 10.9. The smallest absolute Gasteiger partial charge is 0.0645 e. The summed E-state index contributed by atoms with van der Waals surface area (Å²) in [6.07, 6.45) is 2.89. The second kappa shape index (κ2) is 8.21. The molecule has 3 nitrogen and oxygen atoms in total. The number of ether oxygens (including phenoxy) is 2. The Balaban J connectivity index is 3.34. The van der Waals surface area contributed by atoms with Crippen molar-refractivity contribution in [3.05, 3.63) is 0 Å². The maximum atomic E-state index is 6.08. The van der Waals surface area contributed by atoms with Crippen LogP contribution >= 0.6 is 0 Å². The lowest BCUT2D eigenvalue weighted by Crippen LogP contribution is -2.43. The van der Waals surface area contributed by atoms with Gasteiger partial charge < -0.3 is 15.2 Å². The van der Waals surface area contributed by atoms with E-state index in [0.29, 0.717) is 6.61 Å². The minimum atomic E-state index is -0.133. The Kier molecular flexibility index (Phi) is 8.14. The summed E-state index contributed by atoms with van der Waals surface area (Å²) in [5.41, 5.74) is 5.95. The molecular formula is C11H25NO2. The van der Waals surface area contributed by atoms with Gasteiger partial charge in [-0.1, -0.05) is 13.8 Å². The maximum Gasteiger partial charge on any atom is 0.0645 e. The molecule has 86 valence electrons. The lowest BCUT2D eigenvalue weighted by molar-refractivity contribution is 0.0578. The highest BCUT2D eigenvalue weighted by Crippen LogP contribution is 2.11. The summed E-state index contributed by atoms with van der Waals surface area (Å²) in [5, 5.41) is 0. The average molecular weight is 203 g/mol. The number of hydrogen-bond donors (Lipinski definition) is 1. The standard InChI is InChI=1S/C11H25NO2/c1-4-11(12,5-2)10-14-9-7-8-13-6-3/h4-10,12H2,1-3H3. The van der Waals surface area contributed by atoms with Gasteiger partial charge in [-0.15, -0.1) is 0 Å². The number of hydrogen-bond acceptors (Lipinski definition) is 3. The van der Waals surface area contributed by atoms with Crippen molar-refractivity contribution in [2.24, 2.45) is 5.73 Å². The van der Waals surface area contributed by atoms with Crippen molar-refractivity contribution in [2.75, 3.05) is 26.4 Å². The molecule has 0 aliphatic heterocycles. The Morgan fingerprint density at radius 2 is 1.57 bits per heavy atom. The highest BCUT2D eigenvalue weighted by Gasteiger charge is 2.19. The van der Waals surface area contributed by atoms with Crippen molar-refractivity contribution in [1.29, 1.82) is 0 Å². The van der Waals surface area contributed by atoms with Gasteiger partial charge in [0, 0.05) is 25.4 Å². The first-order valence-corrected chi connectivity index (χ1v) is 5.63. The molecule has 0 aliphatic carbocycles. The monoisotopic (exact) mass is 203 g/mol. The van der Waals surface area contributed by atoms with Crippen LogP contribution in [0.5, 0.6) is 0 Å². The molecule has 0 unspecified atom stereocenters. The van der Waals surface area contributed by atoms with E-state index in [9.17, 15) is 0 Å². The Labute approximate surface area is 88.0 Å². The van der Waals surface area contributed by atoms with Crippen LogP contribution in [-0.2, 0) is 9.47 Å². The molecule has 0 radical (unpaired) electrons. The molecule has 0 heterocycles. The first-order chi connectivity index (χ1) is 6.68. The van der Waals surface area contributed by atoms with E-state index >= 15 is 0 Å². The van der Waals surface area contributed by atoms with Crippen molar-refractivity contribution < 1.29 is 9.47 Å². The van der Waals surface area contributed by atoms with Gasteiger partial charge in [0.2, 0.25) is 0 Å². The Morgan fingerprint density at radius 1 is 1.00 bits per heavy atom. The van der Waals surface area contributed by atoms with E-state index in [1.807, 2.05) is 6.92 Å². The van der Waals surface area contributed by atoms with E-state index in [0.717, 1.165) is 39.1 Å². The van der Waals surface area contributed by atoms with Gasteiger partial charge in [0.05, 0.1) is 6.61 Å². The zero-order valence-corrected chi connectivity index (χ0v) is 9.84. The Bertz CT molecular complexity index is 124. The third-order valence-corrected chi connectivity index (χ3v) is 2.58. The summed E-state index contributed by atoms with van der Waals surface area (Å²) in [4.78, 5) is 0. The summed E-state index contributed by atoms with van der Waals surface area (Å²) in [6, 6.07) is 0. The van der Waals surface area contributed by atoms with Gasteiger partial charge in [0.25, 0.3) is 0 Å². The largest absolute Gasteiger partial charge is 0.382 e. The fourth-order valence-electron chi connectivity index (χ4n) is 1.14. The molecule has 0 aliphatic rings. The lowest BCUT2D eigenvalue weighted by Gasteiger charge is -2.26. The molecule has 0 saturated carbocycles. The quantitative estimate of drug-likeness (QED) is 0.582. The first kappa shape index (κ1) is 13.9. The Morgan fingerprint density at radius 3 is 2.07 bits per heavy atom. The van der Waals surface area contributed by atoms with E-state index in [2.05, 4.69) is 13.8 Å². The first-order valence-electron chi connectivity index (χ1n) is 5.63. The molecule has 0 aromatic rings. The zero-order valence-electron chi connectivity index (χ0n) is 9.84. The van der Waals surface area contributed by atoms with Crippen molar-refractivity contribution in [2.45, 2.75) is 45.6 Å². The predicted molar refractivity (Wildman–Crippen MR) is 59.4 cm³/mol. The average Bonchev–Trinajstić information content (AvgIpc) is 2.23. The van der Waals surface area contributed by atoms with E-state index in [1.165, 1.54) is 0 Å². The Hall–Kier alpha value is -0.120. The van der Waals surface area contributed by atoms with Gasteiger partial charge in [-0.05, 0) is 26.2 Å². The van der Waals surface area contributed by atoms with E-state index in [-0.39, 0.29) is 5.54 Å². The van der Waals surface area contributed by atoms with Gasteiger partial charge in [-0.2, -0.15) is 0 Å². The van der Waals surface area contributed by atoms with Crippen LogP contribution in [0.2, 0.25) is 0 Å². The lowest BCUT2D eigenvalue weighted by atomic mass is 9.96. The summed E-state index contributed by atoms with van der Waals surface area (Å²) in [5.74, 6) is 0. The fourth-order valence-corrected chi connectivity index (χ4v) is 1.14. The molecule has 0 fully saturated rings. The summed E-state index contributed by atoms with van der Waals surface area (Å²) in [6.45, 7) is 9.18. The minimum absolute atomic E-state index is 0.133. The van der Waals surface area contributed by atoms with Gasteiger partial charge in [0.1, 0.15) is 0 Å².